The van der Waals surface area contributed by atoms with Crippen LogP contribution in [-0.4, -0.2) is 24.5 Å². The van der Waals surface area contributed by atoms with Crippen molar-refractivity contribution < 1.29 is 0 Å². The van der Waals surface area contributed by atoms with Crippen LogP contribution in [0.25, 0.3) is 107 Å². The van der Waals surface area contributed by atoms with Gasteiger partial charge in [-0.1, -0.05) is 176 Å². The van der Waals surface area contributed by atoms with Crippen LogP contribution in [0.15, 0.2) is 200 Å². The number of imidazole rings is 1. The molecule has 266 valence electrons. The molecule has 0 atom stereocenters. The van der Waals surface area contributed by atoms with E-state index in [4.69, 9.17) is 19.9 Å². The number of nitrogens with zero attached hydrogens (tertiary/aromatic N) is 5. The Morgan fingerprint density at radius 1 is 0.281 bits per heavy atom. The second-order valence-electron chi connectivity index (χ2n) is 14.3. The molecule has 57 heavy (non-hydrogen) atoms. The molecule has 11 rings (SSSR count). The van der Waals surface area contributed by atoms with E-state index in [-0.39, 0.29) is 0 Å². The Morgan fingerprint density at radius 3 is 1.37 bits per heavy atom. The molecule has 0 fully saturated rings. The third-order valence-corrected chi connectivity index (χ3v) is 10.8. The van der Waals surface area contributed by atoms with Gasteiger partial charge in [0.1, 0.15) is 5.82 Å². The van der Waals surface area contributed by atoms with Crippen LogP contribution in [0, 0.1) is 0 Å². The molecule has 0 unspecified atom stereocenters. The van der Waals surface area contributed by atoms with Gasteiger partial charge in [-0.3, -0.25) is 4.57 Å². The zero-order valence-corrected chi connectivity index (χ0v) is 30.8. The maximum Gasteiger partial charge on any atom is 0.164 e. The molecule has 0 saturated carbocycles. The number of aromatic nitrogens is 5. The highest BCUT2D eigenvalue weighted by Gasteiger charge is 2.25. The third kappa shape index (κ3) is 5.72. The molecular formula is C52H33N5. The molecule has 0 radical (unpaired) electrons. The van der Waals surface area contributed by atoms with Crippen LogP contribution in [-0.2, 0) is 0 Å². The molecular weight excluding hydrogens is 695 g/mol. The lowest BCUT2D eigenvalue weighted by molar-refractivity contribution is 1.07. The lowest BCUT2D eigenvalue weighted by Gasteiger charge is -2.13. The number of para-hydroxylation sites is 2. The van der Waals surface area contributed by atoms with E-state index in [1.54, 1.807) is 0 Å². The first kappa shape index (κ1) is 32.7. The summed E-state index contributed by atoms with van der Waals surface area (Å²) in [6, 6.07) is 69.9. The molecule has 10 aromatic rings. The molecule has 5 nitrogen and oxygen atoms in total. The van der Waals surface area contributed by atoms with Gasteiger partial charge in [0.15, 0.2) is 17.5 Å². The molecule has 0 bridgehead atoms. The van der Waals surface area contributed by atoms with E-state index in [9.17, 15) is 0 Å². The second kappa shape index (κ2) is 13.5. The fourth-order valence-corrected chi connectivity index (χ4v) is 8.09. The summed E-state index contributed by atoms with van der Waals surface area (Å²) in [5, 5.41) is 0. The van der Waals surface area contributed by atoms with Gasteiger partial charge >= 0.3 is 0 Å². The number of hydrogen-bond donors (Lipinski definition) is 0. The van der Waals surface area contributed by atoms with Crippen LogP contribution in [0.4, 0.5) is 0 Å². The van der Waals surface area contributed by atoms with Crippen molar-refractivity contribution in [2.75, 3.05) is 0 Å². The van der Waals surface area contributed by atoms with Crippen molar-refractivity contribution in [1.29, 1.82) is 0 Å². The Hall–Kier alpha value is -7.76. The molecule has 5 heteroatoms. The average Bonchev–Trinajstić information content (AvgIpc) is 3.64. The van der Waals surface area contributed by atoms with Crippen molar-refractivity contribution in [3.8, 4) is 95.7 Å². The van der Waals surface area contributed by atoms with Crippen LogP contribution in [0.2, 0.25) is 0 Å². The van der Waals surface area contributed by atoms with E-state index in [1.165, 1.54) is 22.3 Å². The zero-order chi connectivity index (χ0) is 37.7. The van der Waals surface area contributed by atoms with Crippen LogP contribution >= 0.6 is 0 Å². The van der Waals surface area contributed by atoms with Gasteiger partial charge in [-0.15, -0.1) is 0 Å². The molecule has 0 N–H and O–H groups in total. The molecule has 0 spiro atoms. The summed E-state index contributed by atoms with van der Waals surface area (Å²) in [6.07, 6.45) is 0. The number of benzene rings is 8. The summed E-state index contributed by atoms with van der Waals surface area (Å²) in [5.41, 5.74) is 16.5. The quantitative estimate of drug-likeness (QED) is 0.171. The summed E-state index contributed by atoms with van der Waals surface area (Å²) in [5.74, 6) is 2.86. The van der Waals surface area contributed by atoms with Crippen molar-refractivity contribution in [1.82, 2.24) is 24.5 Å². The van der Waals surface area contributed by atoms with Gasteiger partial charge < -0.3 is 0 Å². The monoisotopic (exact) mass is 727 g/mol. The van der Waals surface area contributed by atoms with Gasteiger partial charge in [0.05, 0.1) is 16.7 Å². The van der Waals surface area contributed by atoms with Crippen LogP contribution < -0.4 is 0 Å². The fraction of sp³-hybridized carbons (Fsp3) is 0. The molecule has 1 aliphatic heterocycles. The topological polar surface area (TPSA) is 56.5 Å². The first-order chi connectivity index (χ1) is 28.2. The minimum Gasteiger partial charge on any atom is -0.291 e. The lowest BCUT2D eigenvalue weighted by atomic mass is 9.94. The maximum atomic E-state index is 5.25. The SMILES string of the molecule is c1ccc(-c2nc(-c3ccccc3)nc(-c3cccc(-c4cccc(-c5ccc(-c6nc7cccc8c7n6-c6ccccc6-c6ccccc6-8)cc5)c4)c3)n2)cc1. The molecule has 0 amide bonds. The fourth-order valence-electron chi connectivity index (χ4n) is 8.09. The smallest absolute Gasteiger partial charge is 0.164 e. The highest BCUT2D eigenvalue weighted by Crippen LogP contribution is 2.45. The van der Waals surface area contributed by atoms with Gasteiger partial charge in [-0.2, -0.15) is 0 Å². The number of hydrogen-bond acceptors (Lipinski definition) is 4. The van der Waals surface area contributed by atoms with Gasteiger partial charge in [0, 0.05) is 33.4 Å². The minimum absolute atomic E-state index is 0.635. The molecule has 0 saturated heterocycles. The summed E-state index contributed by atoms with van der Waals surface area (Å²) in [6.45, 7) is 0. The normalized spacial score (nSPS) is 11.5. The Kier molecular flexibility index (Phi) is 7.74. The summed E-state index contributed by atoms with van der Waals surface area (Å²) in [4.78, 5) is 20.1. The summed E-state index contributed by atoms with van der Waals surface area (Å²) >= 11 is 0. The van der Waals surface area contributed by atoms with E-state index in [0.29, 0.717) is 17.5 Å². The summed E-state index contributed by atoms with van der Waals surface area (Å²) < 4.78 is 2.35. The van der Waals surface area contributed by atoms with E-state index >= 15 is 0 Å². The van der Waals surface area contributed by atoms with Crippen molar-refractivity contribution in [2.45, 2.75) is 0 Å². The first-order valence-corrected chi connectivity index (χ1v) is 19.1. The predicted octanol–water partition coefficient (Wildman–Crippen LogP) is 12.9. The zero-order valence-electron chi connectivity index (χ0n) is 30.8. The third-order valence-electron chi connectivity index (χ3n) is 10.8. The molecule has 8 aromatic carbocycles. The van der Waals surface area contributed by atoms with Crippen LogP contribution in [0.3, 0.4) is 0 Å². The van der Waals surface area contributed by atoms with Crippen molar-refractivity contribution in [3.05, 3.63) is 200 Å². The first-order valence-electron chi connectivity index (χ1n) is 19.1. The standard InChI is InChI=1S/C52H33N5/c1-3-14-35(15-4-1)49-54-50(36-16-5-2-6-17-36)56-51(55-49)41-21-12-20-40(33-41)39-19-11-18-38(32-39)34-28-30-37(31-29-34)52-53-46-26-13-25-45-43-23-8-7-22-42(43)44-24-9-10-27-47(44)57(52)48(45)46/h1-33H. The highest BCUT2D eigenvalue weighted by atomic mass is 15.1. The van der Waals surface area contributed by atoms with Gasteiger partial charge in [0.2, 0.25) is 0 Å². The maximum absolute atomic E-state index is 5.25. The Labute approximate surface area is 330 Å². The number of rotatable bonds is 6. The number of fused-ring (bicyclic) bond motifs is 5. The largest absolute Gasteiger partial charge is 0.291 e. The van der Waals surface area contributed by atoms with Gasteiger partial charge in [0.25, 0.3) is 0 Å². The summed E-state index contributed by atoms with van der Waals surface area (Å²) in [7, 11) is 0. The van der Waals surface area contributed by atoms with Crippen LogP contribution in [0.1, 0.15) is 0 Å². The van der Waals surface area contributed by atoms with E-state index in [2.05, 4.69) is 144 Å². The van der Waals surface area contributed by atoms with E-state index < -0.39 is 0 Å². The average molecular weight is 728 g/mol. The van der Waals surface area contributed by atoms with Crippen molar-refractivity contribution in [3.63, 3.8) is 0 Å². The van der Waals surface area contributed by atoms with Gasteiger partial charge in [-0.25, -0.2) is 19.9 Å². The highest BCUT2D eigenvalue weighted by molar-refractivity contribution is 6.03. The Balaban J connectivity index is 0.955. The Bertz CT molecular complexity index is 3050. The predicted molar refractivity (Wildman–Crippen MR) is 232 cm³/mol. The molecule has 2 aromatic heterocycles. The molecule has 0 aliphatic carbocycles. The van der Waals surface area contributed by atoms with E-state index in [0.717, 1.165) is 67.1 Å². The molecule has 3 heterocycles. The van der Waals surface area contributed by atoms with Crippen molar-refractivity contribution >= 4 is 11.0 Å². The minimum atomic E-state index is 0.635. The second-order valence-corrected chi connectivity index (χ2v) is 14.3. The molecule has 1 aliphatic rings. The van der Waals surface area contributed by atoms with Gasteiger partial charge in [-0.05, 0) is 57.6 Å². The van der Waals surface area contributed by atoms with Crippen LogP contribution in [0.5, 0.6) is 0 Å². The lowest BCUT2D eigenvalue weighted by Crippen LogP contribution is -2.00. The van der Waals surface area contributed by atoms with E-state index in [1.807, 2.05) is 60.7 Å². The Morgan fingerprint density at radius 2 is 0.719 bits per heavy atom. The van der Waals surface area contributed by atoms with Crippen molar-refractivity contribution in [2.24, 2.45) is 0 Å².